The number of nitrogens with one attached hydrogen (secondary N) is 2. The molecule has 0 radical (unpaired) electrons. The lowest BCUT2D eigenvalue weighted by atomic mass is 10.1. The molecule has 28 heavy (non-hydrogen) atoms. The van der Waals surface area contributed by atoms with Gasteiger partial charge in [0.15, 0.2) is 0 Å². The Hall–Kier alpha value is -2.85. The number of hydrogen-bond acceptors (Lipinski definition) is 3. The van der Waals surface area contributed by atoms with Gasteiger partial charge in [0, 0.05) is 28.9 Å². The van der Waals surface area contributed by atoms with Gasteiger partial charge >= 0.3 is 0 Å². The van der Waals surface area contributed by atoms with Crippen LogP contribution in [0, 0.1) is 0 Å². The molecule has 4 aromatic rings. The van der Waals surface area contributed by atoms with Gasteiger partial charge in [-0.3, -0.25) is 4.79 Å². The summed E-state index contributed by atoms with van der Waals surface area (Å²) in [6.45, 7) is 3.43. The molecule has 1 amide bonds. The summed E-state index contributed by atoms with van der Waals surface area (Å²) in [5.74, 6) is 0.0318. The Bertz CT molecular complexity index is 1110. The predicted molar refractivity (Wildman–Crippen MR) is 121 cm³/mol. The second kappa shape index (κ2) is 8.44. The van der Waals surface area contributed by atoms with E-state index in [4.69, 9.17) is 0 Å². The van der Waals surface area contributed by atoms with Gasteiger partial charge in [-0.1, -0.05) is 67.9 Å². The lowest BCUT2D eigenvalue weighted by molar-refractivity contribution is 0.0958. The molecule has 0 spiro atoms. The van der Waals surface area contributed by atoms with Gasteiger partial charge in [0.05, 0.1) is 4.88 Å². The van der Waals surface area contributed by atoms with E-state index >= 15 is 0 Å². The minimum Gasteiger partial charge on any atom is -0.383 e. The van der Waals surface area contributed by atoms with Crippen molar-refractivity contribution in [3.8, 4) is 0 Å². The molecule has 1 heterocycles. The van der Waals surface area contributed by atoms with E-state index in [2.05, 4.69) is 60.0 Å². The summed E-state index contributed by atoms with van der Waals surface area (Å²) in [6.07, 6.45) is 1.96. The van der Waals surface area contributed by atoms with Crippen LogP contribution in [0.5, 0.6) is 0 Å². The number of fused-ring (bicyclic) bond motifs is 2. The molecule has 0 unspecified atom stereocenters. The van der Waals surface area contributed by atoms with E-state index < -0.39 is 0 Å². The van der Waals surface area contributed by atoms with Crippen molar-refractivity contribution >= 4 is 43.8 Å². The van der Waals surface area contributed by atoms with Crippen LogP contribution in [0.15, 0.2) is 66.7 Å². The van der Waals surface area contributed by atoms with Crippen LogP contribution in [0.4, 0.5) is 5.69 Å². The molecule has 3 aromatic carbocycles. The van der Waals surface area contributed by atoms with Crippen LogP contribution in [0.1, 0.15) is 28.6 Å². The maximum atomic E-state index is 12.8. The molecule has 0 aliphatic heterocycles. The largest absolute Gasteiger partial charge is 0.383 e. The second-order valence-corrected chi connectivity index (χ2v) is 7.92. The summed E-state index contributed by atoms with van der Waals surface area (Å²) in [5.41, 5.74) is 2.28. The number of anilines is 1. The molecule has 4 rings (SSSR count). The van der Waals surface area contributed by atoms with Crippen molar-refractivity contribution < 1.29 is 4.79 Å². The predicted octanol–water partition coefficient (Wildman–Crippen LogP) is 5.85. The monoisotopic (exact) mass is 388 g/mol. The molecule has 2 N–H and O–H groups in total. The van der Waals surface area contributed by atoms with E-state index in [0.717, 1.165) is 23.4 Å². The van der Waals surface area contributed by atoms with Crippen LogP contribution >= 0.6 is 11.3 Å². The second-order valence-electron chi connectivity index (χ2n) is 6.87. The van der Waals surface area contributed by atoms with E-state index in [1.54, 1.807) is 11.3 Å². The quantitative estimate of drug-likeness (QED) is 0.390. The highest BCUT2D eigenvalue weighted by Gasteiger charge is 2.17. The number of rotatable bonds is 7. The number of amides is 1. The summed E-state index contributed by atoms with van der Waals surface area (Å²) in [4.78, 5) is 13.7. The Kier molecular flexibility index (Phi) is 5.58. The van der Waals surface area contributed by atoms with Gasteiger partial charge in [0.1, 0.15) is 0 Å². The average molecular weight is 389 g/mol. The maximum Gasteiger partial charge on any atom is 0.261 e. The topological polar surface area (TPSA) is 41.1 Å². The van der Waals surface area contributed by atoms with Crippen LogP contribution in [0.25, 0.3) is 20.9 Å². The first-order valence-corrected chi connectivity index (χ1v) is 10.6. The summed E-state index contributed by atoms with van der Waals surface area (Å²) in [6, 6.07) is 22.9. The Balaban J connectivity index is 1.42. The Morgan fingerprint density at radius 2 is 1.64 bits per heavy atom. The first kappa shape index (κ1) is 18.5. The molecule has 0 saturated carbocycles. The highest BCUT2D eigenvalue weighted by atomic mass is 32.1. The van der Waals surface area contributed by atoms with Crippen molar-refractivity contribution in [2.45, 2.75) is 19.8 Å². The maximum absolute atomic E-state index is 12.8. The number of benzene rings is 3. The lowest BCUT2D eigenvalue weighted by Gasteiger charge is -2.11. The molecular formula is C24H24N2OS. The smallest absolute Gasteiger partial charge is 0.261 e. The number of carbonyl (C=O) groups excluding carboxylic acids is 1. The van der Waals surface area contributed by atoms with E-state index in [9.17, 15) is 4.79 Å². The molecule has 3 nitrogen and oxygen atoms in total. The minimum atomic E-state index is 0.0318. The van der Waals surface area contributed by atoms with Gasteiger partial charge < -0.3 is 10.6 Å². The zero-order valence-corrected chi connectivity index (χ0v) is 16.8. The Morgan fingerprint density at radius 3 is 2.50 bits per heavy atom. The van der Waals surface area contributed by atoms with E-state index in [0.29, 0.717) is 13.1 Å². The average Bonchev–Trinajstić information content (AvgIpc) is 3.10. The van der Waals surface area contributed by atoms with Crippen LogP contribution < -0.4 is 10.6 Å². The molecule has 142 valence electrons. The zero-order chi connectivity index (χ0) is 19.3. The summed E-state index contributed by atoms with van der Waals surface area (Å²) < 4.78 is 1.19. The minimum absolute atomic E-state index is 0.0318. The third-order valence-corrected chi connectivity index (χ3v) is 6.13. The standard InChI is InChI=1S/C24H24N2OS/c1-2-8-20-19-12-5-6-14-22(19)28-23(20)24(27)26-16-15-25-21-13-7-10-17-9-3-4-11-18(17)21/h3-7,9-14,25H,2,8,15-16H2,1H3,(H,26,27). The molecule has 0 saturated heterocycles. The van der Waals surface area contributed by atoms with Gasteiger partial charge in [-0.15, -0.1) is 11.3 Å². The van der Waals surface area contributed by atoms with Gasteiger partial charge in [-0.05, 0) is 34.9 Å². The fourth-order valence-electron chi connectivity index (χ4n) is 3.61. The normalized spacial score (nSPS) is 11.0. The summed E-state index contributed by atoms with van der Waals surface area (Å²) in [5, 5.41) is 10.2. The van der Waals surface area contributed by atoms with Gasteiger partial charge in [0.25, 0.3) is 5.91 Å². The molecule has 0 fully saturated rings. The van der Waals surface area contributed by atoms with Gasteiger partial charge in [-0.25, -0.2) is 0 Å². The highest BCUT2D eigenvalue weighted by Crippen LogP contribution is 2.32. The van der Waals surface area contributed by atoms with Crippen molar-refractivity contribution in [2.24, 2.45) is 0 Å². The third-order valence-electron chi connectivity index (χ3n) is 4.92. The zero-order valence-electron chi connectivity index (χ0n) is 16.0. The molecule has 4 heteroatoms. The van der Waals surface area contributed by atoms with Crippen LogP contribution in [0.2, 0.25) is 0 Å². The van der Waals surface area contributed by atoms with Crippen molar-refractivity contribution in [3.63, 3.8) is 0 Å². The molecule has 1 aromatic heterocycles. The Labute approximate surface area is 169 Å². The fraction of sp³-hybridized carbons (Fsp3) is 0.208. The first-order chi connectivity index (χ1) is 13.8. The van der Waals surface area contributed by atoms with Gasteiger partial charge in [-0.2, -0.15) is 0 Å². The fourth-order valence-corrected chi connectivity index (χ4v) is 4.78. The van der Waals surface area contributed by atoms with E-state index in [-0.39, 0.29) is 5.91 Å². The summed E-state index contributed by atoms with van der Waals surface area (Å²) >= 11 is 1.60. The van der Waals surface area contributed by atoms with Crippen molar-refractivity contribution in [3.05, 3.63) is 77.2 Å². The van der Waals surface area contributed by atoms with Crippen LogP contribution in [0.3, 0.4) is 0 Å². The lowest BCUT2D eigenvalue weighted by Crippen LogP contribution is -2.28. The van der Waals surface area contributed by atoms with Crippen molar-refractivity contribution in [2.75, 3.05) is 18.4 Å². The first-order valence-electron chi connectivity index (χ1n) is 9.78. The molecule has 0 bridgehead atoms. The number of aryl methyl sites for hydroxylation is 1. The SMILES string of the molecule is CCCc1c(C(=O)NCCNc2cccc3ccccc23)sc2ccccc12. The third kappa shape index (κ3) is 3.73. The molecule has 0 aliphatic rings. The summed E-state index contributed by atoms with van der Waals surface area (Å²) in [7, 11) is 0. The number of hydrogen-bond donors (Lipinski definition) is 2. The molecule has 0 aliphatic carbocycles. The van der Waals surface area contributed by atoms with Crippen molar-refractivity contribution in [1.82, 2.24) is 5.32 Å². The van der Waals surface area contributed by atoms with Crippen LogP contribution in [-0.4, -0.2) is 19.0 Å². The Morgan fingerprint density at radius 1 is 0.893 bits per heavy atom. The van der Waals surface area contributed by atoms with Crippen molar-refractivity contribution in [1.29, 1.82) is 0 Å². The number of carbonyl (C=O) groups is 1. The molecule has 0 atom stereocenters. The van der Waals surface area contributed by atoms with E-state index in [1.807, 2.05) is 24.3 Å². The number of thiophene rings is 1. The molecular weight excluding hydrogens is 364 g/mol. The van der Waals surface area contributed by atoms with Crippen LogP contribution in [-0.2, 0) is 6.42 Å². The van der Waals surface area contributed by atoms with Gasteiger partial charge in [0.2, 0.25) is 0 Å². The van der Waals surface area contributed by atoms with E-state index in [1.165, 1.54) is 26.4 Å². The highest BCUT2D eigenvalue weighted by molar-refractivity contribution is 7.21.